The molecule has 0 saturated carbocycles. The molecule has 1 nitrogen and oxygen atoms in total. The van der Waals surface area contributed by atoms with Gasteiger partial charge in [0, 0.05) is 0 Å². The summed E-state index contributed by atoms with van der Waals surface area (Å²) in [6.07, 6.45) is 8.85. The third-order valence-corrected chi connectivity index (χ3v) is 2.47. The fraction of sp³-hybridized carbons (Fsp3) is 0.556. The second kappa shape index (κ2) is 2.15. The van der Waals surface area contributed by atoms with Crippen LogP contribution >= 0.6 is 0 Å². The number of aliphatic hydroxyl groups is 1. The van der Waals surface area contributed by atoms with Crippen molar-refractivity contribution in [2.24, 2.45) is 5.92 Å². The summed E-state index contributed by atoms with van der Waals surface area (Å²) in [5.74, 6) is 1.23. The first kappa shape index (κ1) is 6.02. The zero-order chi connectivity index (χ0) is 6.97. The summed E-state index contributed by atoms with van der Waals surface area (Å²) in [4.78, 5) is 0. The smallest absolute Gasteiger partial charge is 0.114 e. The van der Waals surface area contributed by atoms with Crippen molar-refractivity contribution in [3.05, 3.63) is 23.5 Å². The zero-order valence-electron chi connectivity index (χ0n) is 6.01. The van der Waals surface area contributed by atoms with Crippen molar-refractivity contribution in [2.45, 2.75) is 25.7 Å². The van der Waals surface area contributed by atoms with E-state index < -0.39 is 0 Å². The monoisotopic (exact) mass is 136 g/mol. The van der Waals surface area contributed by atoms with E-state index in [1.165, 1.54) is 18.4 Å². The lowest BCUT2D eigenvalue weighted by atomic mass is 9.90. The van der Waals surface area contributed by atoms with Gasteiger partial charge in [-0.2, -0.15) is 0 Å². The molecule has 2 aliphatic carbocycles. The van der Waals surface area contributed by atoms with E-state index >= 15 is 0 Å². The molecule has 1 unspecified atom stereocenters. The first-order chi connectivity index (χ1) is 4.88. The van der Waals surface area contributed by atoms with Crippen LogP contribution in [0, 0.1) is 5.92 Å². The first-order valence-corrected chi connectivity index (χ1v) is 3.97. The molecule has 0 fully saturated rings. The van der Waals surface area contributed by atoms with Gasteiger partial charge in [0.25, 0.3) is 0 Å². The molecular weight excluding hydrogens is 124 g/mol. The molecule has 0 saturated heterocycles. The van der Waals surface area contributed by atoms with Gasteiger partial charge in [-0.25, -0.2) is 0 Å². The molecule has 0 bridgehead atoms. The molecule has 54 valence electrons. The molecule has 2 rings (SSSR count). The van der Waals surface area contributed by atoms with Crippen molar-refractivity contribution in [1.29, 1.82) is 0 Å². The summed E-state index contributed by atoms with van der Waals surface area (Å²) in [5.41, 5.74) is 1.21. The molecule has 0 amide bonds. The van der Waals surface area contributed by atoms with Crippen molar-refractivity contribution in [2.75, 3.05) is 0 Å². The average Bonchev–Trinajstić information content (AvgIpc) is 2.36. The van der Waals surface area contributed by atoms with E-state index in [-0.39, 0.29) is 0 Å². The number of rotatable bonds is 0. The molecule has 0 spiro atoms. The minimum atomic E-state index is 0.550. The zero-order valence-corrected chi connectivity index (χ0v) is 6.01. The molecule has 0 aromatic rings. The maximum Gasteiger partial charge on any atom is 0.114 e. The van der Waals surface area contributed by atoms with Crippen molar-refractivity contribution >= 4 is 0 Å². The number of allylic oxidation sites excluding steroid dienone is 3. The van der Waals surface area contributed by atoms with Gasteiger partial charge in [0.2, 0.25) is 0 Å². The first-order valence-electron chi connectivity index (χ1n) is 3.97. The van der Waals surface area contributed by atoms with Gasteiger partial charge in [-0.05, 0) is 43.3 Å². The molecular formula is C9H12O. The summed E-state index contributed by atoms with van der Waals surface area (Å²) in [6, 6.07) is 0. The van der Waals surface area contributed by atoms with Crippen LogP contribution in [0.4, 0.5) is 0 Å². The molecule has 0 aliphatic heterocycles. The molecule has 1 heteroatoms. The fourth-order valence-corrected chi connectivity index (χ4v) is 1.91. The van der Waals surface area contributed by atoms with Gasteiger partial charge in [0.1, 0.15) is 5.76 Å². The Morgan fingerprint density at radius 3 is 2.60 bits per heavy atom. The quantitative estimate of drug-likeness (QED) is 0.542. The Balaban J connectivity index is 2.30. The van der Waals surface area contributed by atoms with Crippen LogP contribution in [0.2, 0.25) is 0 Å². The minimum Gasteiger partial charge on any atom is -0.508 e. The van der Waals surface area contributed by atoms with Crippen molar-refractivity contribution in [1.82, 2.24) is 0 Å². The van der Waals surface area contributed by atoms with Crippen LogP contribution in [0.15, 0.2) is 23.5 Å². The van der Waals surface area contributed by atoms with Gasteiger partial charge in [-0.1, -0.05) is 6.08 Å². The van der Waals surface area contributed by atoms with Crippen LogP contribution in [-0.4, -0.2) is 5.11 Å². The van der Waals surface area contributed by atoms with E-state index in [9.17, 15) is 5.11 Å². The van der Waals surface area contributed by atoms with Gasteiger partial charge in [-0.3, -0.25) is 0 Å². The van der Waals surface area contributed by atoms with Gasteiger partial charge in [-0.15, -0.1) is 0 Å². The molecule has 0 radical (unpaired) electrons. The molecule has 0 aromatic heterocycles. The van der Waals surface area contributed by atoms with Gasteiger partial charge >= 0.3 is 0 Å². The second-order valence-electron chi connectivity index (χ2n) is 3.10. The Labute approximate surface area is 61.1 Å². The van der Waals surface area contributed by atoms with Crippen LogP contribution in [0.25, 0.3) is 0 Å². The van der Waals surface area contributed by atoms with Crippen LogP contribution in [0.1, 0.15) is 25.7 Å². The summed E-state index contributed by atoms with van der Waals surface area (Å²) in [5, 5.41) is 9.37. The van der Waals surface area contributed by atoms with Crippen molar-refractivity contribution < 1.29 is 5.11 Å². The van der Waals surface area contributed by atoms with E-state index in [1.807, 2.05) is 6.08 Å². The highest BCUT2D eigenvalue weighted by Gasteiger charge is 2.23. The largest absolute Gasteiger partial charge is 0.508 e. The lowest BCUT2D eigenvalue weighted by molar-refractivity contribution is 0.384. The highest BCUT2D eigenvalue weighted by Crippen LogP contribution is 2.36. The minimum absolute atomic E-state index is 0.550. The Morgan fingerprint density at radius 1 is 1.20 bits per heavy atom. The van der Waals surface area contributed by atoms with Gasteiger partial charge < -0.3 is 5.11 Å². The normalized spacial score (nSPS) is 31.0. The second-order valence-corrected chi connectivity index (χ2v) is 3.10. The maximum atomic E-state index is 9.37. The molecule has 1 atom stereocenters. The van der Waals surface area contributed by atoms with E-state index in [2.05, 4.69) is 6.08 Å². The van der Waals surface area contributed by atoms with Gasteiger partial charge in [0.15, 0.2) is 0 Å². The average molecular weight is 136 g/mol. The van der Waals surface area contributed by atoms with Gasteiger partial charge in [0.05, 0.1) is 0 Å². The lowest BCUT2D eigenvalue weighted by Gasteiger charge is -2.17. The highest BCUT2D eigenvalue weighted by atomic mass is 16.3. The summed E-state index contributed by atoms with van der Waals surface area (Å²) < 4.78 is 0. The van der Waals surface area contributed by atoms with E-state index in [0.717, 1.165) is 12.8 Å². The third-order valence-electron chi connectivity index (χ3n) is 2.47. The SMILES string of the molecule is OC1=CCCC2CCC=C12. The van der Waals surface area contributed by atoms with Crippen LogP contribution in [-0.2, 0) is 0 Å². The standard InChI is InChI=1S/C9H12O/c10-9-6-2-4-7-3-1-5-8(7)9/h5-7,10H,1-4H2. The van der Waals surface area contributed by atoms with Crippen molar-refractivity contribution in [3.63, 3.8) is 0 Å². The Morgan fingerprint density at radius 2 is 1.90 bits per heavy atom. The van der Waals surface area contributed by atoms with Crippen molar-refractivity contribution in [3.8, 4) is 0 Å². The molecule has 2 aliphatic rings. The Bertz CT molecular complexity index is 201. The van der Waals surface area contributed by atoms with Crippen LogP contribution < -0.4 is 0 Å². The molecule has 0 aromatic carbocycles. The highest BCUT2D eigenvalue weighted by molar-refractivity contribution is 5.32. The summed E-state index contributed by atoms with van der Waals surface area (Å²) in [7, 11) is 0. The predicted octanol–water partition coefficient (Wildman–Crippen LogP) is 2.56. The molecule has 10 heavy (non-hydrogen) atoms. The Hall–Kier alpha value is -0.720. The third kappa shape index (κ3) is 0.772. The Kier molecular flexibility index (Phi) is 1.30. The summed E-state index contributed by atoms with van der Waals surface area (Å²) >= 11 is 0. The molecule has 0 heterocycles. The van der Waals surface area contributed by atoms with Crippen LogP contribution in [0.5, 0.6) is 0 Å². The number of aliphatic hydroxyl groups excluding tert-OH is 1. The maximum absolute atomic E-state index is 9.37. The number of fused-ring (bicyclic) bond motifs is 1. The van der Waals surface area contributed by atoms with Crippen LogP contribution in [0.3, 0.4) is 0 Å². The van der Waals surface area contributed by atoms with E-state index in [4.69, 9.17) is 0 Å². The topological polar surface area (TPSA) is 20.2 Å². The van der Waals surface area contributed by atoms with E-state index in [0.29, 0.717) is 11.7 Å². The summed E-state index contributed by atoms with van der Waals surface area (Å²) in [6.45, 7) is 0. The van der Waals surface area contributed by atoms with E-state index in [1.54, 1.807) is 0 Å². The number of hydrogen-bond donors (Lipinski definition) is 1. The number of hydrogen-bond acceptors (Lipinski definition) is 1. The fourth-order valence-electron chi connectivity index (χ4n) is 1.91. The lowest BCUT2D eigenvalue weighted by Crippen LogP contribution is -2.05. The molecule has 1 N–H and O–H groups in total. The predicted molar refractivity (Wildman–Crippen MR) is 40.8 cm³/mol.